The summed E-state index contributed by atoms with van der Waals surface area (Å²) in [7, 11) is -3.59. The highest BCUT2D eigenvalue weighted by molar-refractivity contribution is 7.89. The number of benzene rings is 1. The Kier molecular flexibility index (Phi) is 5.13. The van der Waals surface area contributed by atoms with Crippen LogP contribution >= 0.6 is 12.4 Å². The molecule has 0 saturated carbocycles. The summed E-state index contributed by atoms with van der Waals surface area (Å²) in [5.41, 5.74) is 0.300. The van der Waals surface area contributed by atoms with Gasteiger partial charge in [-0.15, -0.1) is 12.4 Å². The van der Waals surface area contributed by atoms with Crippen molar-refractivity contribution in [3.8, 4) is 6.07 Å². The molecule has 5 nitrogen and oxygen atoms in total. The predicted molar refractivity (Wildman–Crippen MR) is 86.3 cm³/mol. The summed E-state index contributed by atoms with van der Waals surface area (Å²) >= 11 is 0. The lowest BCUT2D eigenvalue weighted by atomic mass is 9.80. The summed E-state index contributed by atoms with van der Waals surface area (Å²) in [6, 6.07) is 8.43. The van der Waals surface area contributed by atoms with Crippen molar-refractivity contribution in [2.75, 3.05) is 26.2 Å². The van der Waals surface area contributed by atoms with Gasteiger partial charge in [0.1, 0.15) is 6.07 Å². The molecule has 2 saturated heterocycles. The van der Waals surface area contributed by atoms with Crippen LogP contribution in [0.1, 0.15) is 24.8 Å². The first-order valence-electron chi connectivity index (χ1n) is 7.27. The van der Waals surface area contributed by atoms with Crippen LogP contribution in [0.3, 0.4) is 0 Å². The van der Waals surface area contributed by atoms with E-state index < -0.39 is 10.0 Å². The topological polar surface area (TPSA) is 73.2 Å². The fraction of sp³-hybridized carbons (Fsp3) is 0.533. The predicted octanol–water partition coefficient (Wildman–Crippen LogP) is 1.74. The molecule has 1 spiro atoms. The Hall–Kier alpha value is -1.13. The lowest BCUT2D eigenvalue weighted by Gasteiger charge is -2.39. The fourth-order valence-electron chi connectivity index (χ4n) is 3.43. The molecule has 1 atom stereocenters. The second-order valence-corrected chi connectivity index (χ2v) is 7.88. The molecule has 1 aromatic carbocycles. The second-order valence-electron chi connectivity index (χ2n) is 5.98. The van der Waals surface area contributed by atoms with E-state index in [1.807, 2.05) is 6.07 Å². The summed E-state index contributed by atoms with van der Waals surface area (Å²) in [6.45, 7) is 2.95. The lowest BCUT2D eigenvalue weighted by Crippen LogP contribution is -2.47. The summed E-state index contributed by atoms with van der Waals surface area (Å²) < 4.78 is 27.3. The van der Waals surface area contributed by atoms with Crippen LogP contribution < -0.4 is 5.32 Å². The SMILES string of the molecule is Cl.N#Cc1ccccc1S(=O)(=O)N1CCCC2(CCNC2)C1. The first-order chi connectivity index (χ1) is 10.1. The highest BCUT2D eigenvalue weighted by atomic mass is 35.5. The quantitative estimate of drug-likeness (QED) is 0.889. The van der Waals surface area contributed by atoms with Crippen molar-refractivity contribution in [1.82, 2.24) is 9.62 Å². The monoisotopic (exact) mass is 341 g/mol. The van der Waals surface area contributed by atoms with Gasteiger partial charge < -0.3 is 5.32 Å². The van der Waals surface area contributed by atoms with Crippen LogP contribution in [0.25, 0.3) is 0 Å². The van der Waals surface area contributed by atoms with E-state index in [4.69, 9.17) is 5.26 Å². The zero-order valence-electron chi connectivity index (χ0n) is 12.3. The van der Waals surface area contributed by atoms with Gasteiger partial charge in [0, 0.05) is 19.6 Å². The molecule has 2 aliphatic rings. The standard InChI is InChI=1S/C15H19N3O2S.ClH/c16-10-13-4-1-2-5-14(13)21(19,20)18-9-3-6-15(12-18)7-8-17-11-15;/h1-2,4-5,17H,3,6-9,11-12H2;1H. The maximum Gasteiger partial charge on any atom is 0.244 e. The van der Waals surface area contributed by atoms with Crippen LogP contribution in [0.15, 0.2) is 29.2 Å². The number of hydrogen-bond donors (Lipinski definition) is 1. The molecular formula is C15H20ClN3O2S. The van der Waals surface area contributed by atoms with Gasteiger partial charge in [0.15, 0.2) is 0 Å². The van der Waals surface area contributed by atoms with Crippen LogP contribution in [0.2, 0.25) is 0 Å². The molecule has 0 aliphatic carbocycles. The first kappa shape index (κ1) is 17.2. The van der Waals surface area contributed by atoms with Gasteiger partial charge in [-0.3, -0.25) is 0 Å². The average Bonchev–Trinajstić information content (AvgIpc) is 2.95. The minimum atomic E-state index is -3.59. The third-order valence-electron chi connectivity index (χ3n) is 4.58. The highest BCUT2D eigenvalue weighted by Crippen LogP contribution is 2.37. The lowest BCUT2D eigenvalue weighted by molar-refractivity contribution is 0.166. The molecule has 0 amide bonds. The van der Waals surface area contributed by atoms with Gasteiger partial charge in [0.25, 0.3) is 0 Å². The van der Waals surface area contributed by atoms with Crippen LogP contribution in [0.4, 0.5) is 0 Å². The van der Waals surface area contributed by atoms with E-state index in [1.54, 1.807) is 22.5 Å². The zero-order valence-corrected chi connectivity index (χ0v) is 13.9. The molecule has 0 bridgehead atoms. The molecule has 3 rings (SSSR count). The molecule has 1 N–H and O–H groups in total. The number of nitriles is 1. The summed E-state index contributed by atoms with van der Waals surface area (Å²) in [4.78, 5) is 0.135. The molecule has 22 heavy (non-hydrogen) atoms. The molecule has 120 valence electrons. The van der Waals surface area contributed by atoms with Crippen LogP contribution in [0.5, 0.6) is 0 Å². The number of piperidine rings is 1. The van der Waals surface area contributed by atoms with Crippen LogP contribution in [0, 0.1) is 16.7 Å². The Morgan fingerprint density at radius 3 is 2.73 bits per heavy atom. The summed E-state index contributed by atoms with van der Waals surface area (Å²) in [6.07, 6.45) is 2.99. The van der Waals surface area contributed by atoms with E-state index in [2.05, 4.69) is 5.32 Å². The van der Waals surface area contributed by atoms with E-state index in [1.165, 1.54) is 6.07 Å². The van der Waals surface area contributed by atoms with Gasteiger partial charge in [-0.2, -0.15) is 9.57 Å². The second kappa shape index (κ2) is 6.55. The number of halogens is 1. The molecule has 2 heterocycles. The largest absolute Gasteiger partial charge is 0.316 e. The van der Waals surface area contributed by atoms with E-state index >= 15 is 0 Å². The van der Waals surface area contributed by atoms with Gasteiger partial charge >= 0.3 is 0 Å². The van der Waals surface area contributed by atoms with Crippen molar-refractivity contribution in [2.45, 2.75) is 24.2 Å². The molecular weight excluding hydrogens is 322 g/mol. The minimum Gasteiger partial charge on any atom is -0.316 e. The van der Waals surface area contributed by atoms with Gasteiger partial charge in [-0.1, -0.05) is 12.1 Å². The van der Waals surface area contributed by atoms with E-state index in [0.29, 0.717) is 13.1 Å². The Morgan fingerprint density at radius 2 is 2.05 bits per heavy atom. The van der Waals surface area contributed by atoms with Crippen molar-refractivity contribution >= 4 is 22.4 Å². The molecule has 1 aromatic rings. The van der Waals surface area contributed by atoms with Gasteiger partial charge in [0.05, 0.1) is 10.5 Å². The summed E-state index contributed by atoms with van der Waals surface area (Å²) in [5.74, 6) is 0. The van der Waals surface area contributed by atoms with E-state index in [-0.39, 0.29) is 28.3 Å². The Bertz CT molecular complexity index is 678. The Balaban J connectivity index is 0.00000176. The molecule has 2 aliphatic heterocycles. The highest BCUT2D eigenvalue weighted by Gasteiger charge is 2.42. The zero-order chi connectivity index (χ0) is 14.9. The Morgan fingerprint density at radius 1 is 1.27 bits per heavy atom. The minimum absolute atomic E-state index is 0. The number of nitrogens with zero attached hydrogens (tertiary/aromatic N) is 2. The molecule has 1 unspecified atom stereocenters. The number of nitrogens with one attached hydrogen (secondary N) is 1. The van der Waals surface area contributed by atoms with E-state index in [9.17, 15) is 8.42 Å². The van der Waals surface area contributed by atoms with Crippen molar-refractivity contribution in [3.05, 3.63) is 29.8 Å². The van der Waals surface area contributed by atoms with Crippen LogP contribution in [-0.2, 0) is 10.0 Å². The normalized spacial score (nSPS) is 25.6. The number of sulfonamides is 1. The Labute approximate surface area is 137 Å². The third kappa shape index (κ3) is 2.99. The first-order valence-corrected chi connectivity index (χ1v) is 8.71. The van der Waals surface area contributed by atoms with Gasteiger partial charge in [-0.05, 0) is 43.4 Å². The molecule has 0 radical (unpaired) electrons. The van der Waals surface area contributed by atoms with Crippen molar-refractivity contribution in [3.63, 3.8) is 0 Å². The third-order valence-corrected chi connectivity index (χ3v) is 6.49. The molecule has 7 heteroatoms. The van der Waals surface area contributed by atoms with Crippen molar-refractivity contribution in [1.29, 1.82) is 5.26 Å². The van der Waals surface area contributed by atoms with Gasteiger partial charge in [-0.25, -0.2) is 8.42 Å². The van der Waals surface area contributed by atoms with Crippen molar-refractivity contribution < 1.29 is 8.42 Å². The fourth-order valence-corrected chi connectivity index (χ4v) is 5.17. The van der Waals surface area contributed by atoms with Gasteiger partial charge in [0.2, 0.25) is 10.0 Å². The smallest absolute Gasteiger partial charge is 0.244 e. The van der Waals surface area contributed by atoms with E-state index in [0.717, 1.165) is 32.4 Å². The van der Waals surface area contributed by atoms with Crippen molar-refractivity contribution in [2.24, 2.45) is 5.41 Å². The number of rotatable bonds is 2. The maximum absolute atomic E-state index is 12.9. The maximum atomic E-state index is 12.9. The number of hydrogen-bond acceptors (Lipinski definition) is 4. The summed E-state index contributed by atoms with van der Waals surface area (Å²) in [5, 5.41) is 12.5. The molecule has 2 fully saturated rings. The average molecular weight is 342 g/mol. The molecule has 0 aromatic heterocycles. The van der Waals surface area contributed by atoms with Crippen LogP contribution in [-0.4, -0.2) is 38.9 Å².